The molecule has 4 nitrogen and oxygen atoms in total. The largest absolute Gasteiger partial charge is 0.307 e. The maximum absolute atomic E-state index is 13.8. The van der Waals surface area contributed by atoms with Crippen molar-refractivity contribution in [3.63, 3.8) is 0 Å². The monoisotopic (exact) mass is 417 g/mol. The number of carbonyl (C=O) groups excluding carboxylic acids is 1. The summed E-state index contributed by atoms with van der Waals surface area (Å²) in [5.74, 6) is -8.62. The lowest BCUT2D eigenvalue weighted by Crippen LogP contribution is -2.19. The van der Waals surface area contributed by atoms with Gasteiger partial charge < -0.3 is 5.32 Å². The van der Waals surface area contributed by atoms with E-state index in [1.807, 2.05) is 0 Å². The summed E-state index contributed by atoms with van der Waals surface area (Å²) in [5, 5.41) is 6.88. The minimum atomic E-state index is -2.07. The van der Waals surface area contributed by atoms with Gasteiger partial charge in [0.2, 0.25) is 0 Å². The Hall–Kier alpha value is -2.58. The summed E-state index contributed by atoms with van der Waals surface area (Å²) < 4.78 is 54.7. The number of rotatable bonds is 4. The highest BCUT2D eigenvalue weighted by molar-refractivity contribution is 6.42. The predicted octanol–water partition coefficient (Wildman–Crippen LogP) is 5.05. The highest BCUT2D eigenvalue weighted by Crippen LogP contribution is 2.27. The van der Waals surface area contributed by atoms with Gasteiger partial charge in [-0.05, 0) is 17.7 Å². The Morgan fingerprint density at radius 2 is 1.81 bits per heavy atom. The zero-order valence-corrected chi connectivity index (χ0v) is 14.8. The molecule has 1 aromatic heterocycles. The molecule has 2 aromatic carbocycles. The lowest BCUT2D eigenvalue weighted by atomic mass is 10.1. The molecule has 0 aliphatic heterocycles. The molecular weight excluding hydrogens is 409 g/mol. The van der Waals surface area contributed by atoms with E-state index in [2.05, 4.69) is 10.4 Å². The molecule has 0 saturated carbocycles. The number of nitrogens with one attached hydrogen (secondary N) is 1. The summed E-state index contributed by atoms with van der Waals surface area (Å²) in [6.45, 7) is 0.108. The number of hydrogen-bond donors (Lipinski definition) is 1. The van der Waals surface area contributed by atoms with Crippen LogP contribution in [0.25, 0.3) is 0 Å². The Labute approximate surface area is 160 Å². The van der Waals surface area contributed by atoms with E-state index in [1.54, 1.807) is 18.2 Å². The second-order valence-corrected chi connectivity index (χ2v) is 6.17. The van der Waals surface area contributed by atoms with Gasteiger partial charge in [-0.15, -0.1) is 0 Å². The summed E-state index contributed by atoms with van der Waals surface area (Å²) in [6.07, 6.45) is 1.34. The Kier molecular flexibility index (Phi) is 5.38. The number of benzene rings is 2. The molecule has 0 unspecified atom stereocenters. The minimum Gasteiger partial charge on any atom is -0.307 e. The predicted molar refractivity (Wildman–Crippen MR) is 92.0 cm³/mol. The van der Waals surface area contributed by atoms with Gasteiger partial charge in [-0.3, -0.25) is 4.79 Å². The maximum atomic E-state index is 13.8. The van der Waals surface area contributed by atoms with Crippen molar-refractivity contribution in [1.29, 1.82) is 0 Å². The number of halogens is 6. The molecule has 140 valence electrons. The molecule has 27 heavy (non-hydrogen) atoms. The highest BCUT2D eigenvalue weighted by atomic mass is 35.5. The van der Waals surface area contributed by atoms with Gasteiger partial charge in [-0.2, -0.15) is 5.10 Å². The smallest absolute Gasteiger partial charge is 0.260 e. The first-order valence-corrected chi connectivity index (χ1v) is 8.14. The lowest BCUT2D eigenvalue weighted by molar-refractivity contribution is 0.102. The Morgan fingerprint density at radius 3 is 2.56 bits per heavy atom. The number of nitrogens with zero attached hydrogens (tertiary/aromatic N) is 2. The van der Waals surface area contributed by atoms with Crippen LogP contribution < -0.4 is 5.32 Å². The molecular formula is C17H9Cl2F4N3O. The van der Waals surface area contributed by atoms with Crippen molar-refractivity contribution in [3.8, 4) is 0 Å². The molecule has 0 aliphatic rings. The van der Waals surface area contributed by atoms with E-state index in [0.29, 0.717) is 15.6 Å². The molecule has 3 rings (SSSR count). The molecule has 10 heteroatoms. The van der Waals surface area contributed by atoms with Crippen LogP contribution in [0.15, 0.2) is 36.5 Å². The van der Waals surface area contributed by atoms with Crippen molar-refractivity contribution in [2.45, 2.75) is 6.54 Å². The normalized spacial score (nSPS) is 10.9. The molecule has 1 heterocycles. The van der Waals surface area contributed by atoms with Crippen LogP contribution in [0.3, 0.4) is 0 Å². The number of aromatic nitrogens is 2. The highest BCUT2D eigenvalue weighted by Gasteiger charge is 2.23. The Bertz CT molecular complexity index is 1040. The van der Waals surface area contributed by atoms with Crippen molar-refractivity contribution in [2.24, 2.45) is 0 Å². The van der Waals surface area contributed by atoms with Crippen LogP contribution in [0.4, 0.5) is 23.4 Å². The Balaban J connectivity index is 1.87. The van der Waals surface area contributed by atoms with Crippen molar-refractivity contribution >= 4 is 34.9 Å². The second-order valence-electron chi connectivity index (χ2n) is 5.39. The van der Waals surface area contributed by atoms with Gasteiger partial charge in [0.1, 0.15) is 5.82 Å². The van der Waals surface area contributed by atoms with Gasteiger partial charge in [-0.1, -0.05) is 35.3 Å². The fraction of sp³-hybridized carbons (Fsp3) is 0.0588. The van der Waals surface area contributed by atoms with E-state index in [1.165, 1.54) is 16.9 Å². The van der Waals surface area contributed by atoms with E-state index in [0.717, 1.165) is 0 Å². The quantitative estimate of drug-likeness (QED) is 0.367. The van der Waals surface area contributed by atoms with E-state index in [4.69, 9.17) is 23.2 Å². The minimum absolute atomic E-state index is 0.0978. The van der Waals surface area contributed by atoms with Crippen LogP contribution in [-0.4, -0.2) is 15.7 Å². The molecule has 0 spiro atoms. The first-order chi connectivity index (χ1) is 12.8. The van der Waals surface area contributed by atoms with Gasteiger partial charge in [0.15, 0.2) is 23.3 Å². The van der Waals surface area contributed by atoms with Crippen LogP contribution in [0.1, 0.15) is 15.9 Å². The zero-order valence-electron chi connectivity index (χ0n) is 13.2. The van der Waals surface area contributed by atoms with E-state index in [9.17, 15) is 22.4 Å². The molecule has 0 radical (unpaired) electrons. The summed E-state index contributed by atoms with van der Waals surface area (Å²) in [5.41, 5.74) is -0.395. The number of anilines is 1. The standard InChI is InChI=1S/C17H9Cl2F4N3O/c18-10-3-1-2-8(13(10)19)7-26-12(4-5-24-26)25-17(27)9-6-11(20)15(22)16(23)14(9)21/h1-6H,7H2,(H,25,27). The average Bonchev–Trinajstić information content (AvgIpc) is 3.06. The van der Waals surface area contributed by atoms with E-state index < -0.39 is 34.7 Å². The number of carbonyl (C=O) groups is 1. The van der Waals surface area contributed by atoms with Crippen molar-refractivity contribution < 1.29 is 22.4 Å². The summed E-state index contributed by atoms with van der Waals surface area (Å²) in [6, 6.07) is 6.61. The van der Waals surface area contributed by atoms with E-state index in [-0.39, 0.29) is 18.4 Å². The molecule has 1 amide bonds. The molecule has 0 saturated heterocycles. The van der Waals surface area contributed by atoms with Crippen molar-refractivity contribution in [2.75, 3.05) is 5.32 Å². The topological polar surface area (TPSA) is 46.9 Å². The van der Waals surface area contributed by atoms with Crippen LogP contribution in [0, 0.1) is 23.3 Å². The van der Waals surface area contributed by atoms with Crippen molar-refractivity contribution in [1.82, 2.24) is 9.78 Å². The molecule has 0 fully saturated rings. The fourth-order valence-corrected chi connectivity index (χ4v) is 2.70. The SMILES string of the molecule is O=C(Nc1ccnn1Cc1cccc(Cl)c1Cl)c1cc(F)c(F)c(F)c1F. The first kappa shape index (κ1) is 19.2. The average molecular weight is 418 g/mol. The number of hydrogen-bond acceptors (Lipinski definition) is 2. The van der Waals surface area contributed by atoms with Gasteiger partial charge in [-0.25, -0.2) is 22.2 Å². The molecule has 3 aromatic rings. The van der Waals surface area contributed by atoms with Crippen LogP contribution in [0.2, 0.25) is 10.0 Å². The summed E-state index contributed by atoms with van der Waals surface area (Å²) in [4.78, 5) is 12.2. The third-order valence-corrected chi connectivity index (χ3v) is 4.52. The van der Waals surface area contributed by atoms with Gasteiger partial charge >= 0.3 is 0 Å². The van der Waals surface area contributed by atoms with Crippen LogP contribution in [-0.2, 0) is 6.54 Å². The molecule has 0 bridgehead atoms. The fourth-order valence-electron chi connectivity index (χ4n) is 2.32. The third kappa shape index (κ3) is 3.77. The lowest BCUT2D eigenvalue weighted by Gasteiger charge is -2.11. The molecule has 0 aliphatic carbocycles. The third-order valence-electron chi connectivity index (χ3n) is 3.66. The Morgan fingerprint density at radius 1 is 1.07 bits per heavy atom. The maximum Gasteiger partial charge on any atom is 0.260 e. The zero-order chi connectivity index (χ0) is 19.7. The van der Waals surface area contributed by atoms with E-state index >= 15 is 0 Å². The van der Waals surface area contributed by atoms with Gasteiger partial charge in [0.05, 0.1) is 28.4 Å². The first-order valence-electron chi connectivity index (χ1n) is 7.38. The second kappa shape index (κ2) is 7.58. The van der Waals surface area contributed by atoms with Gasteiger partial charge in [0.25, 0.3) is 5.91 Å². The molecule has 1 N–H and O–H groups in total. The van der Waals surface area contributed by atoms with Gasteiger partial charge in [0, 0.05) is 6.07 Å². The summed E-state index contributed by atoms with van der Waals surface area (Å²) >= 11 is 12.0. The van der Waals surface area contributed by atoms with Crippen LogP contribution >= 0.6 is 23.2 Å². The number of amides is 1. The summed E-state index contributed by atoms with van der Waals surface area (Å²) in [7, 11) is 0. The molecule has 0 atom stereocenters. The van der Waals surface area contributed by atoms with Crippen LogP contribution in [0.5, 0.6) is 0 Å². The van der Waals surface area contributed by atoms with Crippen molar-refractivity contribution in [3.05, 3.63) is 81.0 Å².